The van der Waals surface area contributed by atoms with Gasteiger partial charge < -0.3 is 8.83 Å². The molecule has 0 aliphatic rings. The predicted molar refractivity (Wildman–Crippen MR) is 139 cm³/mol. The van der Waals surface area contributed by atoms with Crippen molar-refractivity contribution >= 4 is 44.9 Å². The van der Waals surface area contributed by atoms with E-state index >= 15 is 0 Å². The lowest BCUT2D eigenvalue weighted by molar-refractivity contribution is 0.619. The fraction of sp³-hybridized carbons (Fsp3) is 0. The lowest BCUT2D eigenvalue weighted by Gasteiger charge is -1.94. The van der Waals surface area contributed by atoms with Crippen LogP contribution in [0.2, 0.25) is 0 Å². The molecule has 34 heavy (non-hydrogen) atoms. The maximum atomic E-state index is 6.11. The molecule has 0 aliphatic carbocycles. The van der Waals surface area contributed by atoms with Crippen LogP contribution in [-0.2, 0) is 0 Å². The van der Waals surface area contributed by atoms with Crippen LogP contribution in [-0.4, -0.2) is 9.97 Å². The van der Waals surface area contributed by atoms with E-state index in [0.29, 0.717) is 22.9 Å². The fourth-order valence-corrected chi connectivity index (χ4v) is 5.86. The molecule has 4 aromatic heterocycles. The van der Waals surface area contributed by atoms with E-state index in [1.165, 1.54) is 20.9 Å². The topological polar surface area (TPSA) is 52.1 Å². The van der Waals surface area contributed by atoms with Crippen molar-refractivity contribution in [3.63, 3.8) is 0 Å². The standard InChI is InChI=1S/C28H16N2O2S2/c1-3-7-17(8-4-1)23-11-13-25(33-23)27-29-19-15-22-20(16-21(19)31-27)30-28(32-22)26-14-12-24(34-26)18-9-5-2-6-10-18/h1-16H. The number of nitrogens with zero attached hydrogens (tertiary/aromatic N) is 2. The Kier molecular flexibility index (Phi) is 4.46. The molecule has 0 N–H and O–H groups in total. The lowest BCUT2D eigenvalue weighted by Crippen LogP contribution is -1.71. The molecule has 7 rings (SSSR count). The third-order valence-corrected chi connectivity index (χ3v) is 7.89. The average Bonchev–Trinajstić information content (AvgIpc) is 3.68. The van der Waals surface area contributed by atoms with Gasteiger partial charge in [-0.3, -0.25) is 0 Å². The van der Waals surface area contributed by atoms with Crippen LogP contribution >= 0.6 is 22.7 Å². The Morgan fingerprint density at radius 2 is 0.882 bits per heavy atom. The molecule has 162 valence electrons. The molecular formula is C28H16N2O2S2. The van der Waals surface area contributed by atoms with Gasteiger partial charge >= 0.3 is 0 Å². The molecule has 0 amide bonds. The Labute approximate surface area is 202 Å². The fourth-order valence-electron chi connectivity index (χ4n) is 3.98. The second-order valence-corrected chi connectivity index (χ2v) is 10.1. The smallest absolute Gasteiger partial charge is 0.237 e. The Balaban J connectivity index is 1.22. The van der Waals surface area contributed by atoms with Gasteiger partial charge in [-0.25, -0.2) is 9.97 Å². The van der Waals surface area contributed by atoms with E-state index in [-0.39, 0.29) is 0 Å². The molecule has 0 bridgehead atoms. The summed E-state index contributed by atoms with van der Waals surface area (Å²) in [5.74, 6) is 1.22. The summed E-state index contributed by atoms with van der Waals surface area (Å²) >= 11 is 3.33. The minimum Gasteiger partial charge on any atom is -0.435 e. The zero-order valence-corrected chi connectivity index (χ0v) is 19.4. The van der Waals surface area contributed by atoms with Gasteiger partial charge in [0.2, 0.25) is 11.8 Å². The van der Waals surface area contributed by atoms with Gasteiger partial charge in [0.15, 0.2) is 11.2 Å². The minimum atomic E-state index is 0.612. The SMILES string of the molecule is c1ccc(-c2ccc(-c3nc4cc5oc(-c6ccc(-c7ccccc7)s6)nc5cc4o3)s2)cc1. The highest BCUT2D eigenvalue weighted by Gasteiger charge is 2.16. The Hall–Kier alpha value is -4.00. The van der Waals surface area contributed by atoms with Gasteiger partial charge in [-0.15, -0.1) is 22.7 Å². The maximum Gasteiger partial charge on any atom is 0.237 e. The van der Waals surface area contributed by atoms with Crippen LogP contribution < -0.4 is 0 Å². The third-order valence-electron chi connectivity index (χ3n) is 5.65. The van der Waals surface area contributed by atoms with Crippen molar-refractivity contribution in [3.05, 3.63) is 97.1 Å². The van der Waals surface area contributed by atoms with E-state index < -0.39 is 0 Å². The van der Waals surface area contributed by atoms with Crippen molar-refractivity contribution in [2.24, 2.45) is 0 Å². The summed E-state index contributed by atoms with van der Waals surface area (Å²) in [5.41, 5.74) is 5.30. The normalized spacial score (nSPS) is 11.5. The summed E-state index contributed by atoms with van der Waals surface area (Å²) in [4.78, 5) is 13.8. The number of thiophene rings is 2. The van der Waals surface area contributed by atoms with E-state index in [9.17, 15) is 0 Å². The summed E-state index contributed by atoms with van der Waals surface area (Å²) in [7, 11) is 0. The highest BCUT2D eigenvalue weighted by molar-refractivity contribution is 7.19. The highest BCUT2D eigenvalue weighted by atomic mass is 32.1. The molecule has 0 fully saturated rings. The lowest BCUT2D eigenvalue weighted by atomic mass is 10.2. The van der Waals surface area contributed by atoms with E-state index in [0.717, 1.165) is 20.8 Å². The van der Waals surface area contributed by atoms with Gasteiger partial charge in [-0.1, -0.05) is 60.7 Å². The quantitative estimate of drug-likeness (QED) is 0.255. The third kappa shape index (κ3) is 3.36. The number of fused-ring (bicyclic) bond motifs is 2. The number of oxazole rings is 2. The molecule has 0 aliphatic heterocycles. The summed E-state index contributed by atoms with van der Waals surface area (Å²) in [6, 6.07) is 32.8. The van der Waals surface area contributed by atoms with E-state index in [1.54, 1.807) is 22.7 Å². The highest BCUT2D eigenvalue weighted by Crippen LogP contribution is 2.38. The van der Waals surface area contributed by atoms with Crippen LogP contribution in [0.1, 0.15) is 0 Å². The van der Waals surface area contributed by atoms with Crippen LogP contribution in [0.3, 0.4) is 0 Å². The van der Waals surface area contributed by atoms with Crippen LogP contribution in [0.4, 0.5) is 0 Å². The Bertz CT molecular complexity index is 1580. The van der Waals surface area contributed by atoms with Gasteiger partial charge in [0, 0.05) is 21.9 Å². The summed E-state index contributed by atoms with van der Waals surface area (Å²) in [6.45, 7) is 0. The van der Waals surface area contributed by atoms with Crippen LogP contribution in [0.5, 0.6) is 0 Å². The van der Waals surface area contributed by atoms with E-state index in [1.807, 2.05) is 48.5 Å². The molecule has 3 aromatic carbocycles. The van der Waals surface area contributed by atoms with Crippen molar-refractivity contribution < 1.29 is 8.83 Å². The van der Waals surface area contributed by atoms with Gasteiger partial charge in [0.1, 0.15) is 11.0 Å². The average molecular weight is 477 g/mol. The predicted octanol–water partition coefficient (Wildman–Crippen LogP) is 8.76. The molecule has 4 nitrogen and oxygen atoms in total. The van der Waals surface area contributed by atoms with Crippen molar-refractivity contribution in [3.8, 4) is 42.4 Å². The Morgan fingerprint density at radius 1 is 0.471 bits per heavy atom. The second kappa shape index (κ2) is 7.80. The molecule has 4 heterocycles. The zero-order valence-electron chi connectivity index (χ0n) is 17.8. The molecule has 0 spiro atoms. The number of hydrogen-bond acceptors (Lipinski definition) is 6. The minimum absolute atomic E-state index is 0.612. The monoisotopic (exact) mass is 476 g/mol. The van der Waals surface area contributed by atoms with Gasteiger partial charge in [-0.05, 0) is 35.4 Å². The molecule has 0 radical (unpaired) electrons. The van der Waals surface area contributed by atoms with Gasteiger partial charge in [-0.2, -0.15) is 0 Å². The van der Waals surface area contributed by atoms with E-state index in [2.05, 4.69) is 48.5 Å². The summed E-state index contributed by atoms with van der Waals surface area (Å²) < 4.78 is 12.2. The number of hydrogen-bond donors (Lipinski definition) is 0. The van der Waals surface area contributed by atoms with Gasteiger partial charge in [0.25, 0.3) is 0 Å². The number of rotatable bonds is 4. The summed E-state index contributed by atoms with van der Waals surface area (Å²) in [5, 5.41) is 0. The molecule has 0 unspecified atom stereocenters. The van der Waals surface area contributed by atoms with Gasteiger partial charge in [0.05, 0.1) is 9.75 Å². The first-order chi connectivity index (χ1) is 16.8. The first-order valence-electron chi connectivity index (χ1n) is 10.8. The van der Waals surface area contributed by atoms with Crippen molar-refractivity contribution in [1.82, 2.24) is 9.97 Å². The van der Waals surface area contributed by atoms with Crippen molar-refractivity contribution in [2.75, 3.05) is 0 Å². The first-order valence-corrected chi connectivity index (χ1v) is 12.5. The van der Waals surface area contributed by atoms with Crippen LogP contribution in [0.25, 0.3) is 64.6 Å². The summed E-state index contributed by atoms with van der Waals surface area (Å²) in [6.07, 6.45) is 0. The number of benzene rings is 3. The molecule has 6 heteroatoms. The van der Waals surface area contributed by atoms with Crippen molar-refractivity contribution in [2.45, 2.75) is 0 Å². The first kappa shape index (κ1) is 19.5. The second-order valence-electron chi connectivity index (χ2n) is 7.89. The Morgan fingerprint density at radius 3 is 1.32 bits per heavy atom. The van der Waals surface area contributed by atoms with E-state index in [4.69, 9.17) is 18.8 Å². The number of aromatic nitrogens is 2. The molecular weight excluding hydrogens is 460 g/mol. The van der Waals surface area contributed by atoms with Crippen molar-refractivity contribution in [1.29, 1.82) is 0 Å². The largest absolute Gasteiger partial charge is 0.435 e. The van der Waals surface area contributed by atoms with Crippen LogP contribution in [0.15, 0.2) is 106 Å². The molecule has 0 saturated heterocycles. The van der Waals surface area contributed by atoms with Crippen LogP contribution in [0, 0.1) is 0 Å². The molecule has 0 saturated carbocycles. The maximum absolute atomic E-state index is 6.11. The zero-order chi connectivity index (χ0) is 22.5. The molecule has 0 atom stereocenters. The molecule has 7 aromatic rings.